The van der Waals surface area contributed by atoms with Crippen molar-refractivity contribution in [3.8, 4) is 195 Å². The highest BCUT2D eigenvalue weighted by molar-refractivity contribution is 6.11. The van der Waals surface area contributed by atoms with Gasteiger partial charge in [0.15, 0.2) is 168 Å². The molecule has 2 fully saturated rings. The summed E-state index contributed by atoms with van der Waals surface area (Å²) in [6, 6.07) is 5.74. The van der Waals surface area contributed by atoms with Gasteiger partial charge in [0.1, 0.15) is 25.4 Å². The van der Waals surface area contributed by atoms with Crippen LogP contribution in [0.4, 0.5) is 0 Å². The van der Waals surface area contributed by atoms with Gasteiger partial charge < -0.3 is 205 Å². The fourth-order valence-electron chi connectivity index (χ4n) is 13.8. The first kappa shape index (κ1) is 90.3. The maximum Gasteiger partial charge on any atom is 0.340 e. The normalized spacial score (nSPS) is 19.1. The van der Waals surface area contributed by atoms with E-state index in [1.165, 1.54) is 0 Å². The third kappa shape index (κ3) is 16.4. The fourth-order valence-corrected chi connectivity index (χ4v) is 13.8. The molecule has 0 bridgehead atoms. The zero-order valence-electron chi connectivity index (χ0n) is 65.3. The standard InChI is InChI=1S/C82H58O51/c83-29-1-19(2-30(84)51(29)98)71(111)128-67-66-46(124-81(132-75(115)22-7-35(89)54(101)36(90)8-22)69(67)130-73(113)21-5-33(87)53(100)34(88)6-21)18-122-78(118)26-14-41(95)58(105)61(108)48(26)50-28(80(120)127-66)16-43(97)64(63(50)110)123-44-12-24(11-39(93)56(44)103)74(114)131-70-68(129-72(112)20-3-31(85)52(99)32(86)4-20)65-45(125-82(70)133-76(116)23-9-37(91)55(102)38(92)10-23)17-121-77(117)25-13-40(94)57(104)60(107)47(25)49-27(79(119)126-65)15-42(96)59(106)62(49)109/h1-16,45-46,65-70,81-110H,17-18H2. The van der Waals surface area contributed by atoms with Crippen molar-refractivity contribution < 1.29 is 253 Å². The molecule has 10 aromatic rings. The highest BCUT2D eigenvalue weighted by Gasteiger charge is 2.58. The van der Waals surface area contributed by atoms with E-state index in [0.29, 0.717) is 66.7 Å². The summed E-state index contributed by atoms with van der Waals surface area (Å²) < 4.78 is 74.3. The summed E-state index contributed by atoms with van der Waals surface area (Å²) in [6.07, 6.45) is -27.8. The molecule has 14 rings (SSSR count). The molecule has 4 aliphatic rings. The number of carbonyl (C=O) groups excluding carboxylic acids is 10. The lowest BCUT2D eigenvalue weighted by Crippen LogP contribution is -2.63. The van der Waals surface area contributed by atoms with Gasteiger partial charge in [-0.15, -0.1) is 0 Å². The fraction of sp³-hybridized carbons (Fsp3) is 0.146. The molecular weight excluding hydrogens is 1800 g/mol. The van der Waals surface area contributed by atoms with Gasteiger partial charge in [0.2, 0.25) is 53.5 Å². The lowest BCUT2D eigenvalue weighted by atomic mass is 9.91. The SMILES string of the molecule is O=C(OC1OC2COC(=O)c3cc(O)c(O)c(O)c3-c3c(cc(O)c(O)c3O)C(=O)OC2C(OC(=O)c2cc(O)c(O)c(O)c2)C1OC(=O)c1cc(O)c(O)c(Oc2c(O)cc3c(c2O)-c2c(cc(O)c(O)c2O)C(=O)OCC2OC(OC(=O)c4cc(O)c(O)c(O)c4)C(OC(=O)c4cc(O)c(O)c(O)c4)C(OC(=O)c4cc(O)c(O)c(O)c4)C2OC3=O)c1)c1cc(O)c(O)c(O)c1. The van der Waals surface area contributed by atoms with Crippen molar-refractivity contribution in [2.24, 2.45) is 0 Å². The van der Waals surface area contributed by atoms with Crippen molar-refractivity contribution in [2.75, 3.05) is 13.2 Å². The van der Waals surface area contributed by atoms with Gasteiger partial charge in [-0.05, 0) is 97.1 Å². The van der Waals surface area contributed by atoms with E-state index < -0.39 is 385 Å². The molecule has 0 aliphatic carbocycles. The van der Waals surface area contributed by atoms with E-state index in [4.69, 9.17) is 61.6 Å². The van der Waals surface area contributed by atoms with Crippen LogP contribution in [0.25, 0.3) is 22.3 Å². The van der Waals surface area contributed by atoms with Crippen LogP contribution < -0.4 is 4.74 Å². The van der Waals surface area contributed by atoms with Gasteiger partial charge in [-0.2, -0.15) is 0 Å². The molecule has 10 atom stereocenters. The number of hydrogen-bond acceptors (Lipinski definition) is 51. The smallest absolute Gasteiger partial charge is 0.340 e. The van der Waals surface area contributed by atoms with E-state index in [-0.39, 0.29) is 30.3 Å². The van der Waals surface area contributed by atoms with Crippen LogP contribution in [0, 0.1) is 0 Å². The number of carbonyl (C=O) groups is 10. The number of phenols is 28. The Bertz CT molecular complexity index is 6570. The molecule has 51 heteroatoms. The second kappa shape index (κ2) is 34.1. The maximum atomic E-state index is 15.6. The van der Waals surface area contributed by atoms with Crippen molar-refractivity contribution in [2.45, 2.75) is 61.4 Å². The quantitative estimate of drug-likeness (QED) is 0.0415. The molecule has 28 N–H and O–H groups in total. The van der Waals surface area contributed by atoms with Crippen molar-refractivity contribution in [1.82, 2.24) is 0 Å². The summed E-state index contributed by atoms with van der Waals surface area (Å²) in [5, 5.41) is 304. The first-order valence-corrected chi connectivity index (χ1v) is 36.9. The Morgan fingerprint density at radius 3 is 0.752 bits per heavy atom. The topological polar surface area (TPSA) is 857 Å². The molecule has 133 heavy (non-hydrogen) atoms. The Hall–Kier alpha value is -19.0. The molecule has 0 aromatic heterocycles. The summed E-state index contributed by atoms with van der Waals surface area (Å²) in [6.45, 7) is -3.05. The van der Waals surface area contributed by atoms with Crippen molar-refractivity contribution in [1.29, 1.82) is 0 Å². The summed E-state index contributed by atoms with van der Waals surface area (Å²) in [7, 11) is 0. The molecular formula is C82H58O51. The van der Waals surface area contributed by atoms with E-state index in [0.717, 1.165) is 0 Å². The predicted octanol–water partition coefficient (Wildman–Crippen LogP) is 4.03. The molecule has 4 aliphatic heterocycles. The summed E-state index contributed by atoms with van der Waals surface area (Å²) in [4.78, 5) is 147. The maximum absolute atomic E-state index is 15.6. The van der Waals surface area contributed by atoms with Crippen LogP contribution in [-0.2, 0) is 56.8 Å². The average Bonchev–Trinajstić information content (AvgIpc) is 1.74. The van der Waals surface area contributed by atoms with Crippen LogP contribution in [0.2, 0.25) is 0 Å². The molecule has 2 saturated heterocycles. The highest BCUT2D eigenvalue weighted by Crippen LogP contribution is 2.58. The number of esters is 10. The van der Waals surface area contributed by atoms with Crippen LogP contribution in [0.5, 0.6) is 172 Å². The third-order valence-corrected chi connectivity index (χ3v) is 20.3. The minimum Gasteiger partial charge on any atom is -0.504 e. The lowest BCUT2D eigenvalue weighted by molar-refractivity contribution is -0.282. The summed E-state index contributed by atoms with van der Waals surface area (Å²) in [5.74, 6) is -62.0. The van der Waals surface area contributed by atoms with Crippen LogP contribution in [-0.4, -0.2) is 277 Å². The number of rotatable bonds is 14. The summed E-state index contributed by atoms with van der Waals surface area (Å²) >= 11 is 0. The molecule has 0 spiro atoms. The molecule has 4 heterocycles. The largest absolute Gasteiger partial charge is 0.504 e. The number of ether oxygens (including phenoxy) is 13. The molecule has 10 unspecified atom stereocenters. The number of hydrogen-bond donors (Lipinski definition) is 28. The van der Waals surface area contributed by atoms with Gasteiger partial charge in [0.05, 0.1) is 55.6 Å². The number of cyclic esters (lactones) is 2. The third-order valence-electron chi connectivity index (χ3n) is 20.3. The lowest BCUT2D eigenvalue weighted by Gasteiger charge is -2.43. The number of phenolic OH excluding ortho intramolecular Hbond substituents is 28. The van der Waals surface area contributed by atoms with Crippen LogP contribution in [0.3, 0.4) is 0 Å². The first-order chi connectivity index (χ1) is 62.6. The predicted molar refractivity (Wildman–Crippen MR) is 413 cm³/mol. The Morgan fingerprint density at radius 2 is 0.466 bits per heavy atom. The van der Waals surface area contributed by atoms with Crippen LogP contribution in [0.1, 0.15) is 104 Å². The van der Waals surface area contributed by atoms with E-state index in [9.17, 15) is 177 Å². The number of benzene rings is 10. The molecule has 0 amide bonds. The second-order valence-corrected chi connectivity index (χ2v) is 28.6. The zero-order chi connectivity index (χ0) is 96.9. The molecule has 10 aromatic carbocycles. The first-order valence-electron chi connectivity index (χ1n) is 36.9. The molecule has 0 saturated carbocycles. The van der Waals surface area contributed by atoms with Crippen molar-refractivity contribution in [3.05, 3.63) is 153 Å². The monoisotopic (exact) mass is 1860 g/mol. The van der Waals surface area contributed by atoms with Crippen molar-refractivity contribution >= 4 is 59.7 Å². The second-order valence-electron chi connectivity index (χ2n) is 28.6. The van der Waals surface area contributed by atoms with Crippen LogP contribution >= 0.6 is 0 Å². The Labute approximate surface area is 731 Å². The van der Waals surface area contributed by atoms with Gasteiger partial charge in [0, 0.05) is 22.3 Å². The highest BCUT2D eigenvalue weighted by atomic mass is 16.8. The van der Waals surface area contributed by atoms with Gasteiger partial charge in [-0.1, -0.05) is 0 Å². The zero-order valence-corrected chi connectivity index (χ0v) is 65.3. The molecule has 692 valence electrons. The van der Waals surface area contributed by atoms with Crippen molar-refractivity contribution in [3.63, 3.8) is 0 Å². The van der Waals surface area contributed by atoms with Gasteiger partial charge in [0.25, 0.3) is 0 Å². The Balaban J connectivity index is 0.897. The molecule has 0 radical (unpaired) electrons. The van der Waals surface area contributed by atoms with E-state index in [1.807, 2.05) is 0 Å². The Morgan fingerprint density at radius 1 is 0.241 bits per heavy atom. The Kier molecular flexibility index (Phi) is 23.1. The minimum absolute atomic E-state index is 0.149. The van der Waals surface area contributed by atoms with Gasteiger partial charge in [-0.25, -0.2) is 47.9 Å². The van der Waals surface area contributed by atoms with E-state index in [2.05, 4.69) is 0 Å². The molecule has 51 nitrogen and oxygen atoms in total. The van der Waals surface area contributed by atoms with E-state index in [1.54, 1.807) is 0 Å². The summed E-state index contributed by atoms with van der Waals surface area (Å²) in [5.41, 5.74) is -16.9. The van der Waals surface area contributed by atoms with Gasteiger partial charge in [-0.3, -0.25) is 0 Å². The minimum atomic E-state index is -2.99. The number of fused-ring (bicyclic) bond motifs is 8. The van der Waals surface area contributed by atoms with E-state index >= 15 is 14.4 Å². The number of aromatic hydroxyl groups is 28. The van der Waals surface area contributed by atoms with Gasteiger partial charge >= 0.3 is 59.7 Å². The average molecular weight is 1860 g/mol. The van der Waals surface area contributed by atoms with Crippen LogP contribution in [0.15, 0.2) is 97.1 Å².